The molecule has 1 aliphatic rings. The van der Waals surface area contributed by atoms with Crippen molar-refractivity contribution in [2.24, 2.45) is 0 Å². The van der Waals surface area contributed by atoms with E-state index in [4.69, 9.17) is 19.5 Å². The van der Waals surface area contributed by atoms with E-state index in [9.17, 15) is 4.79 Å². The number of hydrogen-bond acceptors (Lipinski definition) is 5. The zero-order valence-electron chi connectivity index (χ0n) is 13.6. The molecule has 126 valence electrons. The molecule has 6 heteroatoms. The highest BCUT2D eigenvalue weighted by atomic mass is 79.9. The molecule has 1 heterocycles. The molecule has 0 unspecified atom stereocenters. The van der Waals surface area contributed by atoms with Crippen LogP contribution < -0.4 is 14.2 Å². The van der Waals surface area contributed by atoms with E-state index in [0.29, 0.717) is 28.4 Å². The summed E-state index contributed by atoms with van der Waals surface area (Å²) in [5.74, 6) is 1.63. The number of nitrogens with zero attached hydrogens (tertiary/aromatic N) is 1. The molecule has 0 amide bonds. The molecule has 0 bridgehead atoms. The lowest BCUT2D eigenvalue weighted by Gasteiger charge is -2.09. The maximum Gasteiger partial charge on any atom is 0.231 e. The first-order valence-electron chi connectivity index (χ1n) is 7.46. The first kappa shape index (κ1) is 17.1. The SMILES string of the molecule is COc1ccc(Br)cc1/C=C1\Oc2c(ccc(OCC#N)c2C)C1=O. The van der Waals surface area contributed by atoms with Gasteiger partial charge in [0, 0.05) is 15.6 Å². The van der Waals surface area contributed by atoms with Crippen molar-refractivity contribution in [2.75, 3.05) is 13.7 Å². The summed E-state index contributed by atoms with van der Waals surface area (Å²) in [6.45, 7) is 1.73. The molecule has 0 aromatic heterocycles. The van der Waals surface area contributed by atoms with Gasteiger partial charge >= 0.3 is 0 Å². The molecule has 0 spiro atoms. The van der Waals surface area contributed by atoms with Gasteiger partial charge in [-0.15, -0.1) is 0 Å². The molecule has 25 heavy (non-hydrogen) atoms. The van der Waals surface area contributed by atoms with Crippen molar-refractivity contribution in [1.82, 2.24) is 0 Å². The van der Waals surface area contributed by atoms with Crippen molar-refractivity contribution < 1.29 is 19.0 Å². The maximum atomic E-state index is 12.6. The van der Waals surface area contributed by atoms with Crippen LogP contribution in [0.3, 0.4) is 0 Å². The molecule has 5 nitrogen and oxygen atoms in total. The minimum Gasteiger partial charge on any atom is -0.496 e. The highest BCUT2D eigenvalue weighted by Crippen LogP contribution is 2.39. The fourth-order valence-electron chi connectivity index (χ4n) is 2.59. The van der Waals surface area contributed by atoms with Crippen LogP contribution in [0.1, 0.15) is 21.5 Å². The number of benzene rings is 2. The first-order valence-corrected chi connectivity index (χ1v) is 8.25. The molecule has 0 saturated heterocycles. The topological polar surface area (TPSA) is 68.6 Å². The minimum absolute atomic E-state index is 0.0640. The van der Waals surface area contributed by atoms with Crippen LogP contribution in [-0.2, 0) is 0 Å². The maximum absolute atomic E-state index is 12.6. The summed E-state index contributed by atoms with van der Waals surface area (Å²) in [5.41, 5.74) is 1.89. The van der Waals surface area contributed by atoms with Crippen LogP contribution in [0, 0.1) is 18.3 Å². The van der Waals surface area contributed by atoms with E-state index in [1.807, 2.05) is 24.3 Å². The van der Waals surface area contributed by atoms with Crippen molar-refractivity contribution in [3.63, 3.8) is 0 Å². The van der Waals surface area contributed by atoms with Crippen LogP contribution in [0.4, 0.5) is 0 Å². The Morgan fingerprint density at radius 3 is 2.76 bits per heavy atom. The number of allylic oxidation sites excluding steroid dienone is 1. The number of fused-ring (bicyclic) bond motifs is 1. The van der Waals surface area contributed by atoms with Crippen LogP contribution in [0.2, 0.25) is 0 Å². The lowest BCUT2D eigenvalue weighted by atomic mass is 10.1. The zero-order chi connectivity index (χ0) is 18.0. The summed E-state index contributed by atoms with van der Waals surface area (Å²) in [7, 11) is 1.57. The smallest absolute Gasteiger partial charge is 0.231 e. The van der Waals surface area contributed by atoms with Crippen LogP contribution in [0.5, 0.6) is 17.2 Å². The Bertz CT molecular complexity index is 928. The van der Waals surface area contributed by atoms with E-state index < -0.39 is 0 Å². The number of rotatable bonds is 4. The molecule has 0 fully saturated rings. The van der Waals surface area contributed by atoms with E-state index in [0.717, 1.165) is 10.0 Å². The van der Waals surface area contributed by atoms with Crippen molar-refractivity contribution in [2.45, 2.75) is 6.92 Å². The largest absolute Gasteiger partial charge is 0.496 e. The zero-order valence-corrected chi connectivity index (χ0v) is 15.2. The molecule has 0 saturated carbocycles. The Labute approximate surface area is 153 Å². The third kappa shape index (κ3) is 3.24. The average Bonchev–Trinajstić information content (AvgIpc) is 2.92. The highest BCUT2D eigenvalue weighted by molar-refractivity contribution is 9.10. The first-order chi connectivity index (χ1) is 12.0. The van der Waals surface area contributed by atoms with Gasteiger partial charge in [-0.05, 0) is 43.3 Å². The Morgan fingerprint density at radius 2 is 2.04 bits per heavy atom. The lowest BCUT2D eigenvalue weighted by molar-refractivity contribution is 0.101. The molecule has 3 rings (SSSR count). The second-order valence-electron chi connectivity index (χ2n) is 5.34. The van der Waals surface area contributed by atoms with Crippen LogP contribution >= 0.6 is 15.9 Å². The Kier molecular flexibility index (Phi) is 4.77. The van der Waals surface area contributed by atoms with Crippen LogP contribution in [0.25, 0.3) is 6.08 Å². The second-order valence-corrected chi connectivity index (χ2v) is 6.25. The predicted octanol–water partition coefficient (Wildman–Crippen LogP) is 4.28. The van der Waals surface area contributed by atoms with Crippen molar-refractivity contribution in [3.8, 4) is 23.3 Å². The van der Waals surface area contributed by atoms with Gasteiger partial charge in [0.1, 0.15) is 23.3 Å². The fourth-order valence-corrected chi connectivity index (χ4v) is 2.97. The van der Waals surface area contributed by atoms with Gasteiger partial charge in [0.15, 0.2) is 12.4 Å². The summed E-state index contributed by atoms with van der Waals surface area (Å²) in [6, 6.07) is 10.8. The van der Waals surface area contributed by atoms with Crippen molar-refractivity contribution in [3.05, 3.63) is 57.3 Å². The monoisotopic (exact) mass is 399 g/mol. The van der Waals surface area contributed by atoms with E-state index in [2.05, 4.69) is 15.9 Å². The van der Waals surface area contributed by atoms with Gasteiger partial charge in [-0.1, -0.05) is 15.9 Å². The van der Waals surface area contributed by atoms with Gasteiger partial charge in [-0.2, -0.15) is 5.26 Å². The molecular weight excluding hydrogens is 386 g/mol. The normalized spacial score (nSPS) is 14.0. The molecule has 0 atom stereocenters. The van der Waals surface area contributed by atoms with Gasteiger partial charge < -0.3 is 14.2 Å². The molecular formula is C19H14BrNO4. The third-order valence-corrected chi connectivity index (χ3v) is 4.30. The average molecular weight is 400 g/mol. The quantitative estimate of drug-likeness (QED) is 0.717. The fraction of sp³-hybridized carbons (Fsp3) is 0.158. The van der Waals surface area contributed by atoms with Gasteiger partial charge in [0.25, 0.3) is 0 Å². The number of methoxy groups -OCH3 is 1. The Hall–Kier alpha value is -2.78. The van der Waals surface area contributed by atoms with Crippen molar-refractivity contribution in [1.29, 1.82) is 5.26 Å². The third-order valence-electron chi connectivity index (χ3n) is 3.81. The van der Waals surface area contributed by atoms with E-state index in [-0.39, 0.29) is 18.1 Å². The summed E-state index contributed by atoms with van der Waals surface area (Å²) in [5, 5.41) is 8.65. The summed E-state index contributed by atoms with van der Waals surface area (Å²) >= 11 is 3.41. The number of carbonyl (C=O) groups excluding carboxylic acids is 1. The molecule has 0 N–H and O–H groups in total. The second kappa shape index (κ2) is 6.99. The Morgan fingerprint density at radius 1 is 1.28 bits per heavy atom. The number of carbonyl (C=O) groups is 1. The van der Waals surface area contributed by atoms with Gasteiger partial charge in [0.2, 0.25) is 5.78 Å². The molecule has 0 radical (unpaired) electrons. The summed E-state index contributed by atoms with van der Waals surface area (Å²) < 4.78 is 17.3. The van der Waals surface area contributed by atoms with Gasteiger partial charge in [-0.25, -0.2) is 0 Å². The number of ether oxygens (including phenoxy) is 3. The van der Waals surface area contributed by atoms with Gasteiger partial charge in [-0.3, -0.25) is 4.79 Å². The summed E-state index contributed by atoms with van der Waals surface area (Å²) in [6.07, 6.45) is 1.65. The van der Waals surface area contributed by atoms with Crippen LogP contribution in [-0.4, -0.2) is 19.5 Å². The number of Topliss-reactive ketones (excluding diaryl/α,β-unsaturated/α-hetero) is 1. The molecule has 2 aromatic rings. The molecule has 1 aliphatic heterocycles. The predicted molar refractivity (Wildman–Crippen MR) is 95.9 cm³/mol. The number of ketones is 1. The number of nitriles is 1. The van der Waals surface area contributed by atoms with E-state index in [1.54, 1.807) is 32.2 Å². The minimum atomic E-state index is -0.202. The van der Waals surface area contributed by atoms with Crippen LogP contribution in [0.15, 0.2) is 40.6 Å². The summed E-state index contributed by atoms with van der Waals surface area (Å²) in [4.78, 5) is 12.6. The Balaban J connectivity index is 1.99. The number of hydrogen-bond donors (Lipinski definition) is 0. The standard InChI is InChI=1S/C19H14BrNO4/c1-11-15(24-8-7-21)6-4-14-18(22)17(25-19(11)14)10-12-9-13(20)3-5-16(12)23-2/h3-6,9-10H,8H2,1-2H3/b17-10-. The molecule has 2 aromatic carbocycles. The lowest BCUT2D eigenvalue weighted by Crippen LogP contribution is -1.98. The van der Waals surface area contributed by atoms with Crippen molar-refractivity contribution >= 4 is 27.8 Å². The number of halogens is 1. The highest BCUT2D eigenvalue weighted by Gasteiger charge is 2.30. The van der Waals surface area contributed by atoms with Gasteiger partial charge in [0.05, 0.1) is 12.7 Å². The van der Waals surface area contributed by atoms with E-state index >= 15 is 0 Å². The van der Waals surface area contributed by atoms with E-state index in [1.165, 1.54) is 0 Å². The molecule has 0 aliphatic carbocycles.